The van der Waals surface area contributed by atoms with Crippen LogP contribution in [-0.2, 0) is 4.79 Å². The van der Waals surface area contributed by atoms with Crippen LogP contribution in [0.5, 0.6) is 0 Å². The Morgan fingerprint density at radius 2 is 2.05 bits per heavy atom. The molecule has 1 aliphatic rings. The highest BCUT2D eigenvalue weighted by Gasteiger charge is 2.23. The summed E-state index contributed by atoms with van der Waals surface area (Å²) in [5, 5.41) is 9.41. The molecule has 1 atom stereocenters. The highest BCUT2D eigenvalue weighted by atomic mass is 32.1. The summed E-state index contributed by atoms with van der Waals surface area (Å²) < 4.78 is 0. The fourth-order valence-electron chi connectivity index (χ4n) is 2.71. The lowest BCUT2D eigenvalue weighted by molar-refractivity contribution is -0.126. The average Bonchev–Trinajstić information content (AvgIpc) is 3.06. The molecule has 1 saturated heterocycles. The quantitative estimate of drug-likeness (QED) is 0.912. The Hall–Kier alpha value is -1.72. The van der Waals surface area contributed by atoms with E-state index in [1.807, 2.05) is 25.1 Å². The van der Waals surface area contributed by atoms with E-state index in [1.165, 1.54) is 0 Å². The molecule has 0 radical (unpaired) electrons. The van der Waals surface area contributed by atoms with Crippen LogP contribution in [0.4, 0.5) is 0 Å². The third-order valence-electron chi connectivity index (χ3n) is 4.03. The predicted molar refractivity (Wildman–Crippen MR) is 89.7 cm³/mol. The van der Waals surface area contributed by atoms with Crippen molar-refractivity contribution in [2.45, 2.75) is 25.8 Å². The number of aromatic nitrogens is 1. The number of hydrogen-bond acceptors (Lipinski definition) is 4. The van der Waals surface area contributed by atoms with Crippen LogP contribution in [-0.4, -0.2) is 24.0 Å². The minimum atomic E-state index is -0.0372. The van der Waals surface area contributed by atoms with Gasteiger partial charge in [0, 0.05) is 16.9 Å². The Morgan fingerprint density at radius 1 is 1.32 bits per heavy atom. The second kappa shape index (κ2) is 7.03. The number of hydrogen-bond donors (Lipinski definition) is 2. The summed E-state index contributed by atoms with van der Waals surface area (Å²) in [6.07, 6.45) is 1.84. The summed E-state index contributed by atoms with van der Waals surface area (Å²) in [5.74, 6) is 0.294. The van der Waals surface area contributed by atoms with Crippen molar-refractivity contribution in [3.05, 3.63) is 40.7 Å². The van der Waals surface area contributed by atoms with Gasteiger partial charge in [-0.15, -0.1) is 11.3 Å². The van der Waals surface area contributed by atoms with Crippen molar-refractivity contribution in [1.29, 1.82) is 0 Å². The lowest BCUT2D eigenvalue weighted by atomic mass is 9.97. The monoisotopic (exact) mass is 315 g/mol. The maximum atomic E-state index is 12.3. The van der Waals surface area contributed by atoms with Crippen molar-refractivity contribution < 1.29 is 4.79 Å². The summed E-state index contributed by atoms with van der Waals surface area (Å²) in [7, 11) is 0. The van der Waals surface area contributed by atoms with E-state index in [1.54, 1.807) is 11.3 Å². The average molecular weight is 315 g/mol. The van der Waals surface area contributed by atoms with Crippen LogP contribution in [0.25, 0.3) is 11.3 Å². The van der Waals surface area contributed by atoms with E-state index in [9.17, 15) is 4.79 Å². The van der Waals surface area contributed by atoms with Crippen molar-refractivity contribution in [1.82, 2.24) is 15.6 Å². The number of carbonyl (C=O) groups excluding carboxylic acids is 1. The van der Waals surface area contributed by atoms with Gasteiger partial charge in [-0.2, -0.15) is 0 Å². The molecule has 1 unspecified atom stereocenters. The zero-order chi connectivity index (χ0) is 15.4. The minimum absolute atomic E-state index is 0.0372. The van der Waals surface area contributed by atoms with Crippen molar-refractivity contribution >= 4 is 17.2 Å². The minimum Gasteiger partial charge on any atom is -0.347 e. The van der Waals surface area contributed by atoms with E-state index >= 15 is 0 Å². The van der Waals surface area contributed by atoms with E-state index in [-0.39, 0.29) is 17.9 Å². The van der Waals surface area contributed by atoms with E-state index in [4.69, 9.17) is 0 Å². The molecular formula is C17H21N3OS. The third-order valence-corrected chi connectivity index (χ3v) is 5.06. The topological polar surface area (TPSA) is 54.0 Å². The molecule has 5 heteroatoms. The second-order valence-electron chi connectivity index (χ2n) is 5.69. The van der Waals surface area contributed by atoms with Gasteiger partial charge in [-0.3, -0.25) is 4.79 Å². The molecule has 2 N–H and O–H groups in total. The number of nitrogens with zero attached hydrogens (tertiary/aromatic N) is 1. The first-order chi connectivity index (χ1) is 10.7. The number of carbonyl (C=O) groups is 1. The molecule has 0 spiro atoms. The lowest BCUT2D eigenvalue weighted by Gasteiger charge is -2.23. The molecule has 1 amide bonds. The molecule has 2 aromatic rings. The molecule has 1 aromatic carbocycles. The second-order valence-corrected chi connectivity index (χ2v) is 6.58. The predicted octanol–water partition coefficient (Wildman–Crippen LogP) is 2.99. The summed E-state index contributed by atoms with van der Waals surface area (Å²) in [5.41, 5.74) is 2.09. The van der Waals surface area contributed by atoms with Gasteiger partial charge >= 0.3 is 0 Å². The van der Waals surface area contributed by atoms with Gasteiger partial charge in [-0.25, -0.2) is 4.98 Å². The van der Waals surface area contributed by atoms with E-state index < -0.39 is 0 Å². The molecule has 3 rings (SSSR count). The summed E-state index contributed by atoms with van der Waals surface area (Å²) in [4.78, 5) is 17.0. The molecule has 1 aliphatic heterocycles. The van der Waals surface area contributed by atoms with Crippen molar-refractivity contribution in [2.24, 2.45) is 5.92 Å². The van der Waals surface area contributed by atoms with Gasteiger partial charge in [0.2, 0.25) is 5.91 Å². The highest BCUT2D eigenvalue weighted by molar-refractivity contribution is 7.10. The van der Waals surface area contributed by atoms with Gasteiger partial charge in [0.1, 0.15) is 5.01 Å². The normalized spacial score (nSPS) is 17.1. The number of piperidine rings is 1. The van der Waals surface area contributed by atoms with Crippen LogP contribution in [0.15, 0.2) is 35.7 Å². The Kier molecular flexibility index (Phi) is 4.85. The lowest BCUT2D eigenvalue weighted by Crippen LogP contribution is -2.39. The Balaban J connectivity index is 1.64. The maximum absolute atomic E-state index is 12.3. The van der Waals surface area contributed by atoms with E-state index in [0.29, 0.717) is 0 Å². The highest BCUT2D eigenvalue weighted by Crippen LogP contribution is 2.25. The SMILES string of the molecule is CC(NC(=O)C1CCNCC1)c1nc(-c2ccccc2)cs1. The molecule has 0 aliphatic carbocycles. The molecule has 1 aromatic heterocycles. The van der Waals surface area contributed by atoms with Crippen molar-refractivity contribution in [2.75, 3.05) is 13.1 Å². The first kappa shape index (κ1) is 15.2. The fraction of sp³-hybridized carbons (Fsp3) is 0.412. The third kappa shape index (κ3) is 3.54. The standard InChI is InChI=1S/C17H21N3OS/c1-12(19-16(21)14-7-9-18-10-8-14)17-20-15(11-22-17)13-5-3-2-4-6-13/h2-6,11-12,14,18H,7-10H2,1H3,(H,19,21). The molecular weight excluding hydrogens is 294 g/mol. The molecule has 2 heterocycles. The maximum Gasteiger partial charge on any atom is 0.223 e. The van der Waals surface area contributed by atoms with Gasteiger partial charge in [0.05, 0.1) is 11.7 Å². The summed E-state index contributed by atoms with van der Waals surface area (Å²) >= 11 is 1.60. The van der Waals surface area contributed by atoms with Gasteiger partial charge in [0.25, 0.3) is 0 Å². The number of rotatable bonds is 4. The van der Waals surface area contributed by atoms with Gasteiger partial charge in [0.15, 0.2) is 0 Å². The Labute approximate surface area is 135 Å². The van der Waals surface area contributed by atoms with Crippen LogP contribution in [0.2, 0.25) is 0 Å². The van der Waals surface area contributed by atoms with Crippen molar-refractivity contribution in [3.63, 3.8) is 0 Å². The largest absolute Gasteiger partial charge is 0.347 e. The Bertz CT molecular complexity index is 620. The van der Waals surface area contributed by atoms with Crippen LogP contribution in [0.3, 0.4) is 0 Å². The molecule has 22 heavy (non-hydrogen) atoms. The molecule has 1 fully saturated rings. The molecule has 4 nitrogen and oxygen atoms in total. The van der Waals surface area contributed by atoms with Gasteiger partial charge in [-0.1, -0.05) is 30.3 Å². The van der Waals surface area contributed by atoms with Crippen LogP contribution in [0, 0.1) is 5.92 Å². The van der Waals surface area contributed by atoms with Crippen LogP contribution < -0.4 is 10.6 Å². The molecule has 116 valence electrons. The van der Waals surface area contributed by atoms with Gasteiger partial charge < -0.3 is 10.6 Å². The van der Waals surface area contributed by atoms with Crippen LogP contribution in [0.1, 0.15) is 30.8 Å². The number of thiazole rings is 1. The number of benzene rings is 1. The molecule has 0 bridgehead atoms. The van der Waals surface area contributed by atoms with Crippen LogP contribution >= 0.6 is 11.3 Å². The molecule has 0 saturated carbocycles. The summed E-state index contributed by atoms with van der Waals surface area (Å²) in [6, 6.07) is 10.1. The van der Waals surface area contributed by atoms with E-state index in [2.05, 4.69) is 33.1 Å². The summed E-state index contributed by atoms with van der Waals surface area (Å²) in [6.45, 7) is 3.87. The zero-order valence-corrected chi connectivity index (χ0v) is 13.5. The van der Waals surface area contributed by atoms with E-state index in [0.717, 1.165) is 42.2 Å². The first-order valence-corrected chi connectivity index (χ1v) is 8.64. The zero-order valence-electron chi connectivity index (χ0n) is 12.7. The Morgan fingerprint density at radius 3 is 2.77 bits per heavy atom. The first-order valence-electron chi connectivity index (χ1n) is 7.76. The van der Waals surface area contributed by atoms with Gasteiger partial charge in [-0.05, 0) is 32.9 Å². The van der Waals surface area contributed by atoms with Crippen molar-refractivity contribution in [3.8, 4) is 11.3 Å². The smallest absolute Gasteiger partial charge is 0.223 e. The fourth-order valence-corrected chi connectivity index (χ4v) is 3.54. The number of amides is 1. The number of nitrogens with one attached hydrogen (secondary N) is 2.